The van der Waals surface area contributed by atoms with Crippen LogP contribution in [0.15, 0.2) is 23.2 Å². The zero-order chi connectivity index (χ0) is 13.6. The summed E-state index contributed by atoms with van der Waals surface area (Å²) in [7, 11) is 0. The molecule has 0 radical (unpaired) electrons. The molecule has 100 valence electrons. The molecule has 1 amide bonds. The highest BCUT2D eigenvalue weighted by Gasteiger charge is 2.36. The number of ether oxygens (including phenoxy) is 1. The molecular formula is C12H9F3N2O2. The largest absolute Gasteiger partial charge is 0.420 e. The standard InChI is InChI=1S/C12H9F3N2O2/c13-12(14,15)7-2-3-8-9(6-7)19-11(18)17-5-1-4-16-10(8)17/h2-3,6H,1,4-5H2. The van der Waals surface area contributed by atoms with E-state index in [4.69, 9.17) is 4.74 Å². The molecule has 0 N–H and O–H groups in total. The highest BCUT2D eigenvalue weighted by Crippen LogP contribution is 2.35. The van der Waals surface area contributed by atoms with E-state index in [2.05, 4.69) is 4.99 Å². The van der Waals surface area contributed by atoms with Gasteiger partial charge in [-0.3, -0.25) is 9.89 Å². The van der Waals surface area contributed by atoms with Gasteiger partial charge in [-0.15, -0.1) is 0 Å². The first-order valence-corrected chi connectivity index (χ1v) is 5.72. The number of carbonyl (C=O) groups is 1. The normalized spacial score (nSPS) is 18.4. The molecule has 1 aromatic rings. The number of amidine groups is 1. The van der Waals surface area contributed by atoms with Crippen molar-refractivity contribution in [1.29, 1.82) is 0 Å². The monoisotopic (exact) mass is 270 g/mol. The lowest BCUT2D eigenvalue weighted by atomic mass is 10.1. The lowest BCUT2D eigenvalue weighted by Crippen LogP contribution is -2.46. The molecule has 0 fully saturated rings. The molecule has 1 aromatic carbocycles. The van der Waals surface area contributed by atoms with E-state index < -0.39 is 17.8 Å². The van der Waals surface area contributed by atoms with E-state index >= 15 is 0 Å². The van der Waals surface area contributed by atoms with Crippen LogP contribution < -0.4 is 4.74 Å². The Morgan fingerprint density at radius 3 is 2.84 bits per heavy atom. The van der Waals surface area contributed by atoms with Crippen molar-refractivity contribution in [3.8, 4) is 5.75 Å². The molecule has 3 rings (SSSR count). The van der Waals surface area contributed by atoms with Gasteiger partial charge in [0.05, 0.1) is 11.1 Å². The summed E-state index contributed by atoms with van der Waals surface area (Å²) in [6, 6.07) is 3.09. The zero-order valence-corrected chi connectivity index (χ0v) is 9.70. The van der Waals surface area contributed by atoms with Crippen molar-refractivity contribution in [3.63, 3.8) is 0 Å². The molecule has 0 aromatic heterocycles. The van der Waals surface area contributed by atoms with Gasteiger partial charge in [-0.2, -0.15) is 13.2 Å². The van der Waals surface area contributed by atoms with Gasteiger partial charge in [0.1, 0.15) is 11.6 Å². The quantitative estimate of drug-likeness (QED) is 0.727. The Hall–Kier alpha value is -2.05. The Labute approximate surface area is 106 Å². The lowest BCUT2D eigenvalue weighted by Gasteiger charge is -2.32. The van der Waals surface area contributed by atoms with Crippen LogP contribution in [0, 0.1) is 0 Å². The summed E-state index contributed by atoms with van der Waals surface area (Å²) in [5.74, 6) is 0.308. The topological polar surface area (TPSA) is 41.9 Å². The highest BCUT2D eigenvalue weighted by molar-refractivity contribution is 6.11. The highest BCUT2D eigenvalue weighted by atomic mass is 19.4. The third kappa shape index (κ3) is 1.94. The fraction of sp³-hybridized carbons (Fsp3) is 0.333. The number of hydrogen-bond donors (Lipinski definition) is 0. The first-order valence-electron chi connectivity index (χ1n) is 5.72. The van der Waals surface area contributed by atoms with Crippen LogP contribution in [0.2, 0.25) is 0 Å². The van der Waals surface area contributed by atoms with E-state index in [-0.39, 0.29) is 5.75 Å². The Bertz CT molecular complexity index is 581. The van der Waals surface area contributed by atoms with Gasteiger partial charge in [0.25, 0.3) is 0 Å². The van der Waals surface area contributed by atoms with Gasteiger partial charge in [0.2, 0.25) is 0 Å². The van der Waals surface area contributed by atoms with Gasteiger partial charge in [0, 0.05) is 13.1 Å². The molecule has 2 aliphatic heterocycles. The minimum Gasteiger partial charge on any atom is -0.409 e. The Kier molecular flexibility index (Phi) is 2.51. The molecule has 0 saturated carbocycles. The van der Waals surface area contributed by atoms with Crippen LogP contribution in [-0.4, -0.2) is 29.9 Å². The molecule has 2 aliphatic rings. The van der Waals surface area contributed by atoms with Crippen molar-refractivity contribution in [2.45, 2.75) is 12.6 Å². The Morgan fingerprint density at radius 2 is 2.11 bits per heavy atom. The van der Waals surface area contributed by atoms with Crippen molar-refractivity contribution in [3.05, 3.63) is 29.3 Å². The Balaban J connectivity index is 2.10. The first kappa shape index (κ1) is 12.0. The second-order valence-electron chi connectivity index (χ2n) is 4.29. The van der Waals surface area contributed by atoms with E-state index in [1.165, 1.54) is 11.0 Å². The molecule has 0 atom stereocenters. The predicted molar refractivity (Wildman–Crippen MR) is 60.2 cm³/mol. The lowest BCUT2D eigenvalue weighted by molar-refractivity contribution is -0.137. The fourth-order valence-corrected chi connectivity index (χ4v) is 2.13. The number of nitrogens with zero attached hydrogens (tertiary/aromatic N) is 2. The molecule has 7 heteroatoms. The van der Waals surface area contributed by atoms with Crippen LogP contribution >= 0.6 is 0 Å². The molecular weight excluding hydrogens is 261 g/mol. The zero-order valence-electron chi connectivity index (χ0n) is 9.70. The summed E-state index contributed by atoms with van der Waals surface area (Å²) in [5.41, 5.74) is -0.420. The van der Waals surface area contributed by atoms with Crippen molar-refractivity contribution in [2.75, 3.05) is 13.1 Å². The second kappa shape index (κ2) is 3.97. The predicted octanol–water partition coefficient (Wildman–Crippen LogP) is 2.67. The summed E-state index contributed by atoms with van der Waals surface area (Å²) in [5, 5.41) is 0. The molecule has 0 spiro atoms. The van der Waals surface area contributed by atoms with E-state index in [1.807, 2.05) is 0 Å². The van der Waals surface area contributed by atoms with Crippen molar-refractivity contribution >= 4 is 11.9 Å². The number of benzene rings is 1. The van der Waals surface area contributed by atoms with E-state index in [9.17, 15) is 18.0 Å². The van der Waals surface area contributed by atoms with Crippen LogP contribution in [0.25, 0.3) is 0 Å². The molecule has 2 heterocycles. The maximum absolute atomic E-state index is 12.6. The van der Waals surface area contributed by atoms with Crippen molar-refractivity contribution < 1.29 is 22.7 Å². The number of amides is 1. The molecule has 0 aliphatic carbocycles. The minimum atomic E-state index is -4.47. The van der Waals surface area contributed by atoms with Gasteiger partial charge < -0.3 is 4.74 Å². The first-order chi connectivity index (χ1) is 8.97. The fourth-order valence-electron chi connectivity index (χ4n) is 2.13. The van der Waals surface area contributed by atoms with E-state index in [0.29, 0.717) is 30.9 Å². The summed E-state index contributed by atoms with van der Waals surface area (Å²) in [6.07, 6.45) is -4.42. The van der Waals surface area contributed by atoms with Gasteiger partial charge >= 0.3 is 12.3 Å². The molecule has 0 unspecified atom stereocenters. The van der Waals surface area contributed by atoms with Gasteiger partial charge in [-0.05, 0) is 24.6 Å². The average molecular weight is 270 g/mol. The van der Waals surface area contributed by atoms with Crippen molar-refractivity contribution in [2.24, 2.45) is 4.99 Å². The summed E-state index contributed by atoms with van der Waals surface area (Å²) < 4.78 is 42.8. The van der Waals surface area contributed by atoms with Crippen LogP contribution in [0.3, 0.4) is 0 Å². The minimum absolute atomic E-state index is 0.0864. The van der Waals surface area contributed by atoms with Crippen molar-refractivity contribution in [1.82, 2.24) is 4.90 Å². The molecule has 0 saturated heterocycles. The van der Waals surface area contributed by atoms with Gasteiger partial charge in [0.15, 0.2) is 0 Å². The average Bonchev–Trinajstić information content (AvgIpc) is 2.37. The maximum atomic E-state index is 12.6. The number of rotatable bonds is 0. The second-order valence-corrected chi connectivity index (χ2v) is 4.29. The Morgan fingerprint density at radius 1 is 1.32 bits per heavy atom. The van der Waals surface area contributed by atoms with E-state index in [1.54, 1.807) is 0 Å². The molecule has 19 heavy (non-hydrogen) atoms. The SMILES string of the molecule is O=C1Oc2cc(C(F)(F)F)ccc2C2=NCCCN12. The van der Waals surface area contributed by atoms with Crippen LogP contribution in [0.5, 0.6) is 5.75 Å². The van der Waals surface area contributed by atoms with E-state index in [0.717, 1.165) is 12.1 Å². The van der Waals surface area contributed by atoms with Crippen LogP contribution in [-0.2, 0) is 6.18 Å². The maximum Gasteiger partial charge on any atom is 0.420 e. The third-order valence-corrected chi connectivity index (χ3v) is 3.02. The molecule has 4 nitrogen and oxygen atoms in total. The number of fused-ring (bicyclic) bond motifs is 3. The van der Waals surface area contributed by atoms with Crippen LogP contribution in [0.1, 0.15) is 17.5 Å². The number of hydrogen-bond acceptors (Lipinski definition) is 3. The third-order valence-electron chi connectivity index (χ3n) is 3.02. The smallest absolute Gasteiger partial charge is 0.409 e. The van der Waals surface area contributed by atoms with Crippen LogP contribution in [0.4, 0.5) is 18.0 Å². The number of aliphatic imine (C=N–C) groups is 1. The summed E-state index contributed by atoms with van der Waals surface area (Å²) >= 11 is 0. The summed E-state index contributed by atoms with van der Waals surface area (Å²) in [6.45, 7) is 1.03. The molecule has 0 bridgehead atoms. The number of carbonyl (C=O) groups excluding carboxylic acids is 1. The summed E-state index contributed by atoms with van der Waals surface area (Å²) in [4.78, 5) is 17.2. The van der Waals surface area contributed by atoms with Gasteiger partial charge in [-0.1, -0.05) is 0 Å². The van der Waals surface area contributed by atoms with Gasteiger partial charge in [-0.25, -0.2) is 4.79 Å². The number of halogens is 3. The number of alkyl halides is 3.